The molecule has 5 rings (SSSR count). The van der Waals surface area contributed by atoms with E-state index in [1.54, 1.807) is 0 Å². The molecule has 160 valence electrons. The molecule has 9 nitrogen and oxygen atoms in total. The zero-order valence-electron chi connectivity index (χ0n) is 17.3. The van der Waals surface area contributed by atoms with E-state index in [1.165, 1.54) is 40.9 Å². The number of anilines is 1. The molecule has 0 spiro atoms. The number of carbonyl (C=O) groups excluding carboxylic acids is 1. The van der Waals surface area contributed by atoms with Crippen molar-refractivity contribution in [2.45, 2.75) is 6.54 Å². The molecule has 32 heavy (non-hydrogen) atoms. The SMILES string of the molecule is Cn1c(=O)c2c(ncn2CC(=O)Nc2nc(-c3cccc4ccccc34)cs2)n(C)c1=O. The van der Waals surface area contributed by atoms with Gasteiger partial charge in [0, 0.05) is 25.0 Å². The van der Waals surface area contributed by atoms with Gasteiger partial charge in [0.25, 0.3) is 5.56 Å². The molecule has 2 aromatic carbocycles. The van der Waals surface area contributed by atoms with Crippen LogP contribution < -0.4 is 16.6 Å². The number of hydrogen-bond donors (Lipinski definition) is 1. The van der Waals surface area contributed by atoms with E-state index in [2.05, 4.69) is 15.3 Å². The highest BCUT2D eigenvalue weighted by Gasteiger charge is 2.17. The molecule has 0 radical (unpaired) electrons. The Morgan fingerprint density at radius 2 is 1.84 bits per heavy atom. The van der Waals surface area contributed by atoms with Crippen LogP contribution in [-0.4, -0.2) is 29.6 Å². The van der Waals surface area contributed by atoms with Crippen LogP contribution in [0.2, 0.25) is 0 Å². The number of nitrogens with zero attached hydrogens (tertiary/aromatic N) is 5. The van der Waals surface area contributed by atoms with Crippen LogP contribution in [0.3, 0.4) is 0 Å². The van der Waals surface area contributed by atoms with Crippen LogP contribution in [0.5, 0.6) is 0 Å². The molecule has 0 atom stereocenters. The van der Waals surface area contributed by atoms with E-state index in [1.807, 2.05) is 47.8 Å². The molecule has 0 unspecified atom stereocenters. The highest BCUT2D eigenvalue weighted by atomic mass is 32.1. The fraction of sp³-hybridized carbons (Fsp3) is 0.136. The molecule has 1 N–H and O–H groups in total. The van der Waals surface area contributed by atoms with Gasteiger partial charge in [-0.3, -0.25) is 18.7 Å². The molecule has 10 heteroatoms. The Bertz CT molecular complexity index is 1620. The number of carbonyl (C=O) groups is 1. The number of aromatic nitrogens is 5. The maximum Gasteiger partial charge on any atom is 0.332 e. The van der Waals surface area contributed by atoms with E-state index in [9.17, 15) is 14.4 Å². The van der Waals surface area contributed by atoms with Crippen molar-refractivity contribution in [3.05, 3.63) is 75.0 Å². The van der Waals surface area contributed by atoms with Crippen LogP contribution in [0.15, 0.2) is 63.8 Å². The smallest absolute Gasteiger partial charge is 0.315 e. The van der Waals surface area contributed by atoms with Crippen LogP contribution >= 0.6 is 11.3 Å². The largest absolute Gasteiger partial charge is 0.332 e. The van der Waals surface area contributed by atoms with Gasteiger partial charge in [0.05, 0.1) is 12.0 Å². The molecular formula is C22H18N6O3S. The number of aryl methyl sites for hydroxylation is 1. The van der Waals surface area contributed by atoms with E-state index < -0.39 is 11.2 Å². The van der Waals surface area contributed by atoms with Gasteiger partial charge in [-0.25, -0.2) is 14.8 Å². The molecule has 0 aliphatic carbocycles. The van der Waals surface area contributed by atoms with Crippen LogP contribution in [0.1, 0.15) is 0 Å². The second-order valence-corrected chi connectivity index (χ2v) is 8.22. The van der Waals surface area contributed by atoms with Gasteiger partial charge < -0.3 is 9.88 Å². The average Bonchev–Trinajstić information content (AvgIpc) is 3.43. The summed E-state index contributed by atoms with van der Waals surface area (Å²) >= 11 is 1.33. The number of nitrogens with one attached hydrogen (secondary N) is 1. The normalized spacial score (nSPS) is 11.3. The monoisotopic (exact) mass is 446 g/mol. The summed E-state index contributed by atoms with van der Waals surface area (Å²) in [6, 6.07) is 14.1. The van der Waals surface area contributed by atoms with Crippen LogP contribution in [0.25, 0.3) is 33.2 Å². The summed E-state index contributed by atoms with van der Waals surface area (Å²) in [6.07, 6.45) is 1.38. The van der Waals surface area contributed by atoms with Crippen molar-refractivity contribution >= 4 is 44.3 Å². The summed E-state index contributed by atoms with van der Waals surface area (Å²) in [5.41, 5.74) is 1.23. The fourth-order valence-electron chi connectivity index (χ4n) is 3.73. The highest BCUT2D eigenvalue weighted by molar-refractivity contribution is 7.14. The van der Waals surface area contributed by atoms with E-state index in [0.717, 1.165) is 26.6 Å². The molecule has 0 aliphatic rings. The first-order chi connectivity index (χ1) is 15.4. The Balaban J connectivity index is 1.41. The summed E-state index contributed by atoms with van der Waals surface area (Å²) in [7, 11) is 2.93. The van der Waals surface area contributed by atoms with Crippen molar-refractivity contribution in [2.24, 2.45) is 14.1 Å². The summed E-state index contributed by atoms with van der Waals surface area (Å²) in [5.74, 6) is -0.348. The number of rotatable bonds is 4. The molecule has 0 aliphatic heterocycles. The Hall–Kier alpha value is -4.05. The first-order valence-electron chi connectivity index (χ1n) is 9.78. The molecule has 3 aromatic heterocycles. The van der Waals surface area contributed by atoms with E-state index in [-0.39, 0.29) is 23.6 Å². The van der Waals surface area contributed by atoms with E-state index in [0.29, 0.717) is 5.13 Å². The fourth-order valence-corrected chi connectivity index (χ4v) is 4.46. The molecule has 0 saturated heterocycles. The molecule has 0 saturated carbocycles. The second-order valence-electron chi connectivity index (χ2n) is 7.36. The zero-order valence-corrected chi connectivity index (χ0v) is 18.1. The van der Waals surface area contributed by atoms with E-state index >= 15 is 0 Å². The molecule has 3 heterocycles. The standard InChI is InChI=1S/C22H18N6O3S/c1-26-19-18(20(30)27(2)22(26)31)28(12-23-19)10-17(29)25-21-24-16(11-32-21)15-9-5-7-13-6-3-4-8-14(13)15/h3-9,11-12H,10H2,1-2H3,(H,24,25,29). The minimum atomic E-state index is -0.499. The summed E-state index contributed by atoms with van der Waals surface area (Å²) < 4.78 is 3.71. The third-order valence-corrected chi connectivity index (χ3v) is 6.10. The number of fused-ring (bicyclic) bond motifs is 2. The van der Waals surface area contributed by atoms with Gasteiger partial charge in [-0.2, -0.15) is 0 Å². The molecule has 5 aromatic rings. The van der Waals surface area contributed by atoms with Crippen molar-refractivity contribution in [3.63, 3.8) is 0 Å². The van der Waals surface area contributed by atoms with Gasteiger partial charge in [-0.05, 0) is 10.8 Å². The zero-order chi connectivity index (χ0) is 22.4. The molecule has 0 bridgehead atoms. The highest BCUT2D eigenvalue weighted by Crippen LogP contribution is 2.30. The Labute approximate surface area is 185 Å². The lowest BCUT2D eigenvalue weighted by Crippen LogP contribution is -2.37. The lowest BCUT2D eigenvalue weighted by molar-refractivity contribution is -0.116. The van der Waals surface area contributed by atoms with Crippen LogP contribution in [0.4, 0.5) is 5.13 Å². The van der Waals surface area contributed by atoms with E-state index in [4.69, 9.17) is 0 Å². The Morgan fingerprint density at radius 3 is 2.69 bits per heavy atom. The molecular weight excluding hydrogens is 428 g/mol. The number of amides is 1. The van der Waals surface area contributed by atoms with Crippen molar-refractivity contribution < 1.29 is 4.79 Å². The van der Waals surface area contributed by atoms with Gasteiger partial charge in [0.15, 0.2) is 16.3 Å². The summed E-state index contributed by atoms with van der Waals surface area (Å²) in [6.45, 7) is -0.132. The summed E-state index contributed by atoms with van der Waals surface area (Å²) in [5, 5.41) is 7.35. The van der Waals surface area contributed by atoms with Gasteiger partial charge in [-0.15, -0.1) is 11.3 Å². The van der Waals surface area contributed by atoms with Crippen molar-refractivity contribution in [1.82, 2.24) is 23.7 Å². The van der Waals surface area contributed by atoms with Gasteiger partial charge >= 0.3 is 5.69 Å². The average molecular weight is 446 g/mol. The topological polar surface area (TPSA) is 104 Å². The number of hydrogen-bond acceptors (Lipinski definition) is 6. The maximum absolute atomic E-state index is 12.7. The van der Waals surface area contributed by atoms with Gasteiger partial charge in [0.1, 0.15) is 6.54 Å². The van der Waals surface area contributed by atoms with Crippen molar-refractivity contribution in [3.8, 4) is 11.3 Å². The quantitative estimate of drug-likeness (QED) is 0.456. The third-order valence-electron chi connectivity index (χ3n) is 5.35. The first kappa shape index (κ1) is 19.9. The van der Waals surface area contributed by atoms with Crippen LogP contribution in [0, 0.1) is 0 Å². The third kappa shape index (κ3) is 3.21. The minimum absolute atomic E-state index is 0.132. The predicted octanol–water partition coefficient (Wildman–Crippen LogP) is 2.35. The lowest BCUT2D eigenvalue weighted by atomic mass is 10.0. The van der Waals surface area contributed by atoms with Crippen molar-refractivity contribution in [1.29, 1.82) is 0 Å². The molecule has 1 amide bonds. The first-order valence-corrected chi connectivity index (χ1v) is 10.7. The van der Waals surface area contributed by atoms with Crippen LogP contribution in [-0.2, 0) is 25.4 Å². The predicted molar refractivity (Wildman–Crippen MR) is 124 cm³/mol. The van der Waals surface area contributed by atoms with Crippen molar-refractivity contribution in [2.75, 3.05) is 5.32 Å². The lowest BCUT2D eigenvalue weighted by Gasteiger charge is -2.06. The van der Waals surface area contributed by atoms with Gasteiger partial charge in [0.2, 0.25) is 5.91 Å². The van der Waals surface area contributed by atoms with Gasteiger partial charge in [-0.1, -0.05) is 42.5 Å². The second kappa shape index (κ2) is 7.57. The number of imidazole rings is 1. The summed E-state index contributed by atoms with van der Waals surface area (Å²) in [4.78, 5) is 46.0. The Morgan fingerprint density at radius 1 is 1.06 bits per heavy atom. The maximum atomic E-state index is 12.7. The Kier molecular flexibility index (Phi) is 4.71. The minimum Gasteiger partial charge on any atom is -0.315 e. The number of thiazole rings is 1. The molecule has 0 fully saturated rings. The number of benzene rings is 2.